The lowest BCUT2D eigenvalue weighted by atomic mass is 9.61. The van der Waals surface area contributed by atoms with Gasteiger partial charge in [0.2, 0.25) is 0 Å². The van der Waals surface area contributed by atoms with Crippen molar-refractivity contribution in [2.75, 3.05) is 0 Å². The summed E-state index contributed by atoms with van der Waals surface area (Å²) in [5, 5.41) is 11.0. The highest BCUT2D eigenvalue weighted by atomic mass is 16.3. The first-order valence-electron chi connectivity index (χ1n) is 6.14. The second-order valence-corrected chi connectivity index (χ2v) is 6.44. The van der Waals surface area contributed by atoms with E-state index in [-0.39, 0.29) is 16.7 Å². The van der Waals surface area contributed by atoms with Gasteiger partial charge < -0.3 is 5.11 Å². The van der Waals surface area contributed by atoms with Crippen LogP contribution < -0.4 is 0 Å². The second-order valence-electron chi connectivity index (χ2n) is 6.44. The fraction of sp³-hybridized carbons (Fsp3) is 0.857. The van der Waals surface area contributed by atoms with Gasteiger partial charge in [0.05, 0.1) is 5.60 Å². The van der Waals surface area contributed by atoms with Crippen LogP contribution in [0.5, 0.6) is 0 Å². The Morgan fingerprint density at radius 2 is 2.00 bits per heavy atom. The third-order valence-corrected chi connectivity index (χ3v) is 6.06. The van der Waals surface area contributed by atoms with Gasteiger partial charge >= 0.3 is 0 Å². The smallest absolute Gasteiger partial charge is 0.0768 e. The number of aliphatic hydroxyl groups is 1. The molecular formula is C14H24O. The normalized spacial score (nSPS) is 49.3. The molecule has 4 atom stereocenters. The van der Waals surface area contributed by atoms with Crippen molar-refractivity contribution in [3.05, 3.63) is 12.7 Å². The Bertz CT molecular complexity index is 294. The topological polar surface area (TPSA) is 20.2 Å². The number of hydrogen-bond donors (Lipinski definition) is 1. The van der Waals surface area contributed by atoms with Gasteiger partial charge in [-0.15, -0.1) is 6.58 Å². The molecular weight excluding hydrogens is 184 g/mol. The molecule has 0 saturated heterocycles. The standard InChI is InChI=1S/C14H24O/c1-6-10(2)14(15)9-11-7-8-13(14,5)12(11,3)4/h6,10-11,15H,1,7-9H2,2-5H3/t10-,11+,13+,14-/m0/s1. The molecule has 2 rings (SSSR count). The molecule has 2 aliphatic carbocycles. The van der Waals surface area contributed by atoms with E-state index in [4.69, 9.17) is 0 Å². The summed E-state index contributed by atoms with van der Waals surface area (Å²) >= 11 is 0. The molecule has 0 amide bonds. The second kappa shape index (κ2) is 2.88. The molecule has 1 heteroatoms. The highest BCUT2D eigenvalue weighted by Crippen LogP contribution is 2.71. The highest BCUT2D eigenvalue weighted by Gasteiger charge is 2.69. The Labute approximate surface area is 93.6 Å². The lowest BCUT2D eigenvalue weighted by Crippen LogP contribution is -2.51. The van der Waals surface area contributed by atoms with Crippen LogP contribution in [0.25, 0.3) is 0 Å². The van der Waals surface area contributed by atoms with Gasteiger partial charge in [0.1, 0.15) is 0 Å². The molecule has 2 bridgehead atoms. The van der Waals surface area contributed by atoms with E-state index < -0.39 is 5.60 Å². The zero-order valence-corrected chi connectivity index (χ0v) is 10.5. The summed E-state index contributed by atoms with van der Waals surface area (Å²) in [6.45, 7) is 12.9. The summed E-state index contributed by atoms with van der Waals surface area (Å²) < 4.78 is 0. The van der Waals surface area contributed by atoms with Gasteiger partial charge in [0, 0.05) is 11.3 Å². The van der Waals surface area contributed by atoms with Crippen molar-refractivity contribution in [1.82, 2.24) is 0 Å². The first kappa shape index (κ1) is 11.2. The summed E-state index contributed by atoms with van der Waals surface area (Å²) in [7, 11) is 0. The van der Waals surface area contributed by atoms with Gasteiger partial charge in [-0.2, -0.15) is 0 Å². The van der Waals surface area contributed by atoms with Gasteiger partial charge in [-0.25, -0.2) is 0 Å². The largest absolute Gasteiger partial charge is 0.389 e. The zero-order chi connectivity index (χ0) is 11.5. The predicted octanol–water partition coefficient (Wildman–Crippen LogP) is 3.39. The molecule has 2 saturated carbocycles. The van der Waals surface area contributed by atoms with Gasteiger partial charge in [-0.3, -0.25) is 0 Å². The van der Waals surface area contributed by atoms with Crippen LogP contribution in [0.15, 0.2) is 12.7 Å². The quantitative estimate of drug-likeness (QED) is 0.690. The monoisotopic (exact) mass is 208 g/mol. The molecule has 0 aliphatic heterocycles. The van der Waals surface area contributed by atoms with Crippen molar-refractivity contribution < 1.29 is 5.11 Å². The average Bonchev–Trinajstić information content (AvgIpc) is 2.48. The predicted molar refractivity (Wildman–Crippen MR) is 63.5 cm³/mol. The van der Waals surface area contributed by atoms with Gasteiger partial charge in [0.15, 0.2) is 0 Å². The molecule has 0 aromatic heterocycles. The first-order chi connectivity index (χ1) is 6.79. The van der Waals surface area contributed by atoms with Gasteiger partial charge in [0.25, 0.3) is 0 Å². The summed E-state index contributed by atoms with van der Waals surface area (Å²) in [5.74, 6) is 0.891. The minimum absolute atomic E-state index is 0.0677. The summed E-state index contributed by atoms with van der Waals surface area (Å²) in [4.78, 5) is 0. The molecule has 0 unspecified atom stereocenters. The first-order valence-corrected chi connectivity index (χ1v) is 6.14. The van der Waals surface area contributed by atoms with Crippen LogP contribution >= 0.6 is 0 Å². The van der Waals surface area contributed by atoms with Crippen molar-refractivity contribution in [2.24, 2.45) is 22.7 Å². The minimum atomic E-state index is -0.527. The number of hydrogen-bond acceptors (Lipinski definition) is 1. The Morgan fingerprint density at radius 3 is 2.33 bits per heavy atom. The maximum Gasteiger partial charge on any atom is 0.0768 e. The fourth-order valence-electron chi connectivity index (χ4n) is 4.21. The minimum Gasteiger partial charge on any atom is -0.389 e. The van der Waals surface area contributed by atoms with E-state index in [0.717, 1.165) is 6.42 Å². The van der Waals surface area contributed by atoms with Crippen LogP contribution in [0.3, 0.4) is 0 Å². The summed E-state index contributed by atoms with van der Waals surface area (Å²) in [5.41, 5.74) is -0.182. The Balaban J connectivity index is 2.45. The summed E-state index contributed by atoms with van der Waals surface area (Å²) in [6, 6.07) is 0. The van der Waals surface area contributed by atoms with Crippen LogP contribution in [-0.2, 0) is 0 Å². The van der Waals surface area contributed by atoms with Crippen LogP contribution in [0.2, 0.25) is 0 Å². The van der Waals surface area contributed by atoms with E-state index in [1.807, 2.05) is 6.08 Å². The molecule has 1 N–H and O–H groups in total. The molecule has 15 heavy (non-hydrogen) atoms. The Morgan fingerprint density at radius 1 is 1.40 bits per heavy atom. The van der Waals surface area contributed by atoms with E-state index in [2.05, 4.69) is 34.3 Å². The van der Waals surface area contributed by atoms with Crippen molar-refractivity contribution in [1.29, 1.82) is 0 Å². The van der Waals surface area contributed by atoms with Crippen molar-refractivity contribution in [3.63, 3.8) is 0 Å². The maximum atomic E-state index is 11.0. The number of fused-ring (bicyclic) bond motifs is 2. The molecule has 0 aromatic rings. The molecule has 0 aromatic carbocycles. The van der Waals surface area contributed by atoms with Crippen molar-refractivity contribution in [2.45, 2.75) is 52.6 Å². The summed E-state index contributed by atoms with van der Waals surface area (Å²) in [6.07, 6.45) is 5.33. The van der Waals surface area contributed by atoms with E-state index in [9.17, 15) is 5.11 Å². The van der Waals surface area contributed by atoms with Crippen LogP contribution in [0, 0.1) is 22.7 Å². The number of rotatable bonds is 2. The Kier molecular flexibility index (Phi) is 2.15. The molecule has 1 nitrogen and oxygen atoms in total. The van der Waals surface area contributed by atoms with E-state index in [0.29, 0.717) is 5.92 Å². The van der Waals surface area contributed by atoms with Crippen LogP contribution in [0.1, 0.15) is 47.0 Å². The molecule has 2 aliphatic rings. The third-order valence-electron chi connectivity index (χ3n) is 6.06. The molecule has 0 spiro atoms. The molecule has 2 fully saturated rings. The fourth-order valence-corrected chi connectivity index (χ4v) is 4.21. The Hall–Kier alpha value is -0.300. The van der Waals surface area contributed by atoms with E-state index in [1.54, 1.807) is 0 Å². The van der Waals surface area contributed by atoms with Gasteiger partial charge in [-0.1, -0.05) is 33.8 Å². The maximum absolute atomic E-state index is 11.0. The van der Waals surface area contributed by atoms with Crippen LogP contribution in [0.4, 0.5) is 0 Å². The zero-order valence-electron chi connectivity index (χ0n) is 10.5. The third kappa shape index (κ3) is 1.03. The van der Waals surface area contributed by atoms with E-state index in [1.165, 1.54) is 12.8 Å². The van der Waals surface area contributed by atoms with Crippen molar-refractivity contribution >= 4 is 0 Å². The molecule has 0 heterocycles. The van der Waals surface area contributed by atoms with E-state index >= 15 is 0 Å². The average molecular weight is 208 g/mol. The molecule has 86 valence electrons. The molecule has 0 radical (unpaired) electrons. The van der Waals surface area contributed by atoms with Crippen molar-refractivity contribution in [3.8, 4) is 0 Å². The lowest BCUT2D eigenvalue weighted by molar-refractivity contribution is -0.113. The van der Waals surface area contributed by atoms with Gasteiger partial charge in [-0.05, 0) is 30.6 Å². The van der Waals surface area contributed by atoms with Crippen LogP contribution in [-0.4, -0.2) is 10.7 Å². The lowest BCUT2D eigenvalue weighted by Gasteiger charge is -2.48. The SMILES string of the molecule is C=C[C@H](C)[C@@]1(O)C[C@H]2CC[C@]1(C)C2(C)C. The highest BCUT2D eigenvalue weighted by molar-refractivity contribution is 5.20.